The van der Waals surface area contributed by atoms with E-state index in [0.717, 1.165) is 29.6 Å². The van der Waals surface area contributed by atoms with Crippen LogP contribution in [0.25, 0.3) is 16.7 Å². The van der Waals surface area contributed by atoms with Crippen molar-refractivity contribution < 1.29 is 0 Å². The van der Waals surface area contributed by atoms with E-state index in [1.54, 1.807) is 6.33 Å². The Kier molecular flexibility index (Phi) is 3.85. The number of para-hydroxylation sites is 2. The fourth-order valence-corrected chi connectivity index (χ4v) is 4.09. The van der Waals surface area contributed by atoms with E-state index in [2.05, 4.69) is 76.8 Å². The number of allylic oxidation sites excluding steroid dienone is 2. The average Bonchev–Trinajstić information content (AvgIpc) is 3.22. The molecule has 134 valence electrons. The second-order valence-corrected chi connectivity index (χ2v) is 7.05. The van der Waals surface area contributed by atoms with Crippen molar-refractivity contribution in [3.8, 4) is 0 Å². The summed E-state index contributed by atoms with van der Waals surface area (Å²) in [4.78, 5) is 7.03. The molecule has 0 amide bonds. The second-order valence-electron chi connectivity index (χ2n) is 7.05. The van der Waals surface area contributed by atoms with Crippen LogP contribution in [0.2, 0.25) is 0 Å². The predicted octanol–water partition coefficient (Wildman–Crippen LogP) is 4.87. The van der Waals surface area contributed by atoms with Crippen molar-refractivity contribution >= 4 is 28.2 Å². The van der Waals surface area contributed by atoms with E-state index in [9.17, 15) is 0 Å². The van der Waals surface area contributed by atoms with Crippen LogP contribution in [-0.4, -0.2) is 26.6 Å². The first-order chi connectivity index (χ1) is 13.3. The first-order valence-electron chi connectivity index (χ1n) is 9.39. The summed E-state index contributed by atoms with van der Waals surface area (Å²) in [5.41, 5.74) is 3.66. The minimum absolute atomic E-state index is 0.553. The number of rotatable bonds is 3. The molecule has 0 saturated heterocycles. The number of nitrogens with zero attached hydrogens (tertiary/aromatic N) is 5. The topological polar surface area (TPSA) is 46.3 Å². The monoisotopic (exact) mass is 355 g/mol. The summed E-state index contributed by atoms with van der Waals surface area (Å²) in [5.74, 6) is 2.08. The number of aromatic nitrogens is 4. The smallest absolute Gasteiger partial charge is 0.257 e. The molecule has 0 aliphatic heterocycles. The zero-order valence-electron chi connectivity index (χ0n) is 15.3. The normalized spacial score (nSPS) is 16.9. The first-order valence-corrected chi connectivity index (χ1v) is 9.39. The lowest BCUT2D eigenvalue weighted by atomic mass is 9.86. The van der Waals surface area contributed by atoms with Gasteiger partial charge in [0.25, 0.3) is 5.78 Å². The van der Waals surface area contributed by atoms with Gasteiger partial charge < -0.3 is 4.90 Å². The van der Waals surface area contributed by atoms with Gasteiger partial charge in [-0.3, -0.25) is 4.40 Å². The molecule has 0 spiro atoms. The third kappa shape index (κ3) is 2.67. The fraction of sp³-hybridized carbons (Fsp3) is 0.227. The van der Waals surface area contributed by atoms with E-state index in [0.29, 0.717) is 11.7 Å². The Labute approximate surface area is 158 Å². The van der Waals surface area contributed by atoms with E-state index < -0.39 is 0 Å². The van der Waals surface area contributed by atoms with E-state index in [1.807, 2.05) is 10.5 Å². The molecular weight excluding hydrogens is 334 g/mol. The molecule has 4 aromatic rings. The quantitative estimate of drug-likeness (QED) is 0.492. The van der Waals surface area contributed by atoms with Gasteiger partial charge in [0.15, 0.2) is 0 Å². The Bertz CT molecular complexity index is 1140. The molecule has 2 aromatic carbocycles. The van der Waals surface area contributed by atoms with Gasteiger partial charge in [0, 0.05) is 18.1 Å². The highest BCUT2D eigenvalue weighted by atomic mass is 15.3. The van der Waals surface area contributed by atoms with E-state index in [-0.39, 0.29) is 0 Å². The highest BCUT2D eigenvalue weighted by Crippen LogP contribution is 2.38. The number of hydrogen-bond donors (Lipinski definition) is 0. The molecular formula is C22H21N5. The molecule has 5 rings (SSSR count). The van der Waals surface area contributed by atoms with E-state index >= 15 is 0 Å². The van der Waals surface area contributed by atoms with Gasteiger partial charge in [0.05, 0.1) is 5.52 Å². The first kappa shape index (κ1) is 16.0. The highest BCUT2D eigenvalue weighted by Gasteiger charge is 2.20. The third-order valence-corrected chi connectivity index (χ3v) is 5.46. The Morgan fingerprint density at radius 2 is 1.89 bits per heavy atom. The van der Waals surface area contributed by atoms with Crippen LogP contribution in [0.15, 0.2) is 67.0 Å². The summed E-state index contributed by atoms with van der Waals surface area (Å²) >= 11 is 0. The van der Waals surface area contributed by atoms with Gasteiger partial charge in [-0.25, -0.2) is 0 Å². The maximum absolute atomic E-state index is 4.83. The molecule has 1 atom stereocenters. The molecule has 5 nitrogen and oxygen atoms in total. The van der Waals surface area contributed by atoms with E-state index in [1.165, 1.54) is 17.7 Å². The molecule has 1 unspecified atom stereocenters. The third-order valence-electron chi connectivity index (χ3n) is 5.46. The molecule has 2 heterocycles. The highest BCUT2D eigenvalue weighted by molar-refractivity contribution is 5.93. The number of anilines is 2. The summed E-state index contributed by atoms with van der Waals surface area (Å²) in [5, 5.41) is 9.31. The molecule has 1 aliphatic rings. The van der Waals surface area contributed by atoms with Crippen molar-refractivity contribution in [2.24, 2.45) is 0 Å². The zero-order valence-corrected chi connectivity index (χ0v) is 15.3. The second kappa shape index (κ2) is 6.50. The number of hydrogen-bond acceptors (Lipinski definition) is 4. The van der Waals surface area contributed by atoms with Gasteiger partial charge in [0.1, 0.15) is 12.1 Å². The van der Waals surface area contributed by atoms with Gasteiger partial charge in [-0.2, -0.15) is 4.98 Å². The van der Waals surface area contributed by atoms with Gasteiger partial charge in [-0.15, -0.1) is 10.2 Å². The van der Waals surface area contributed by atoms with Crippen molar-refractivity contribution in [1.82, 2.24) is 19.6 Å². The largest absolute Gasteiger partial charge is 0.329 e. The Balaban J connectivity index is 1.68. The lowest BCUT2D eigenvalue weighted by Gasteiger charge is -2.27. The molecule has 5 heteroatoms. The maximum atomic E-state index is 4.83. The lowest BCUT2D eigenvalue weighted by molar-refractivity contribution is 0.617. The SMILES string of the molecule is CN(c1ccccc1C1CC=CCC1)c1nc2nncn2c2ccccc12. The Hall–Kier alpha value is -3.21. The Morgan fingerprint density at radius 3 is 2.78 bits per heavy atom. The van der Waals surface area contributed by atoms with Crippen LogP contribution < -0.4 is 4.90 Å². The molecule has 0 bridgehead atoms. The molecule has 1 aliphatic carbocycles. The van der Waals surface area contributed by atoms with Gasteiger partial charge in [-0.05, 0) is 48.9 Å². The van der Waals surface area contributed by atoms with Crippen LogP contribution in [0.3, 0.4) is 0 Å². The van der Waals surface area contributed by atoms with Crippen molar-refractivity contribution in [3.05, 3.63) is 72.6 Å². The van der Waals surface area contributed by atoms with Gasteiger partial charge in [-0.1, -0.05) is 42.5 Å². The maximum Gasteiger partial charge on any atom is 0.257 e. The van der Waals surface area contributed by atoms with Crippen LogP contribution in [0.5, 0.6) is 0 Å². The minimum atomic E-state index is 0.553. The molecule has 27 heavy (non-hydrogen) atoms. The minimum Gasteiger partial charge on any atom is -0.329 e. The predicted molar refractivity (Wildman–Crippen MR) is 109 cm³/mol. The van der Waals surface area contributed by atoms with Crippen molar-refractivity contribution in [1.29, 1.82) is 0 Å². The van der Waals surface area contributed by atoms with Crippen LogP contribution in [0.4, 0.5) is 11.5 Å². The Morgan fingerprint density at radius 1 is 1.04 bits per heavy atom. The molecule has 0 N–H and O–H groups in total. The standard InChI is InChI=1S/C22H21N5/c1-26(19-13-7-5-11-17(19)16-9-3-2-4-10-16)21-18-12-6-8-14-20(18)27-15-23-25-22(27)24-21/h2-3,5-8,11-16H,4,9-10H2,1H3. The summed E-state index contributed by atoms with van der Waals surface area (Å²) in [7, 11) is 2.10. The average molecular weight is 355 g/mol. The molecule has 0 fully saturated rings. The van der Waals surface area contributed by atoms with Crippen molar-refractivity contribution in [2.75, 3.05) is 11.9 Å². The fourth-order valence-electron chi connectivity index (χ4n) is 4.09. The van der Waals surface area contributed by atoms with Crippen LogP contribution >= 0.6 is 0 Å². The van der Waals surface area contributed by atoms with Crippen LogP contribution in [0, 0.1) is 0 Å². The zero-order chi connectivity index (χ0) is 18.2. The van der Waals surface area contributed by atoms with Crippen LogP contribution in [-0.2, 0) is 0 Å². The number of fused-ring (bicyclic) bond motifs is 3. The summed E-state index contributed by atoms with van der Waals surface area (Å²) in [6.07, 6.45) is 9.76. The summed E-state index contributed by atoms with van der Waals surface area (Å²) < 4.78 is 1.94. The van der Waals surface area contributed by atoms with Crippen molar-refractivity contribution in [2.45, 2.75) is 25.2 Å². The molecule has 2 aromatic heterocycles. The van der Waals surface area contributed by atoms with Gasteiger partial charge >= 0.3 is 0 Å². The van der Waals surface area contributed by atoms with Crippen molar-refractivity contribution in [3.63, 3.8) is 0 Å². The molecule has 0 radical (unpaired) electrons. The number of benzene rings is 2. The summed E-state index contributed by atoms with van der Waals surface area (Å²) in [6, 6.07) is 17.0. The summed E-state index contributed by atoms with van der Waals surface area (Å²) in [6.45, 7) is 0. The van der Waals surface area contributed by atoms with E-state index in [4.69, 9.17) is 4.98 Å². The van der Waals surface area contributed by atoms with Crippen LogP contribution in [0.1, 0.15) is 30.7 Å². The molecule has 0 saturated carbocycles. The lowest BCUT2D eigenvalue weighted by Crippen LogP contribution is -2.16. The van der Waals surface area contributed by atoms with Gasteiger partial charge in [0.2, 0.25) is 0 Å².